The number of rotatable bonds is 3. The molecule has 1 aliphatic carbocycles. The summed E-state index contributed by atoms with van der Waals surface area (Å²) in [5.41, 5.74) is 4.30. The molecule has 0 radical (unpaired) electrons. The molecule has 2 aromatic rings. The van der Waals surface area contributed by atoms with Crippen molar-refractivity contribution in [3.8, 4) is 0 Å². The average Bonchev–Trinajstić information content (AvgIpc) is 2.95. The quantitative estimate of drug-likeness (QED) is 0.781. The second-order valence-corrected chi connectivity index (χ2v) is 5.67. The van der Waals surface area contributed by atoms with E-state index >= 15 is 0 Å². The van der Waals surface area contributed by atoms with Crippen LogP contribution in [-0.4, -0.2) is 24.8 Å². The molecule has 1 aliphatic rings. The summed E-state index contributed by atoms with van der Waals surface area (Å²) in [6.45, 7) is 1.64. The number of benzene rings is 2. The Hall–Kier alpha value is -2.35. The van der Waals surface area contributed by atoms with Crippen molar-refractivity contribution in [1.29, 1.82) is 0 Å². The van der Waals surface area contributed by atoms with Gasteiger partial charge in [-0.3, -0.25) is 4.79 Å². The summed E-state index contributed by atoms with van der Waals surface area (Å²) in [6.07, 6.45) is 5.17. The molecule has 0 heterocycles. The van der Waals surface area contributed by atoms with Crippen LogP contribution in [0, 0.1) is 0 Å². The predicted octanol–water partition coefficient (Wildman–Crippen LogP) is 4.28. The van der Waals surface area contributed by atoms with Crippen LogP contribution in [0.15, 0.2) is 54.2 Å². The molecule has 0 atom stereocenters. The van der Waals surface area contributed by atoms with Gasteiger partial charge in [-0.1, -0.05) is 30.3 Å². The number of hydrogen-bond donors (Lipinski definition) is 0. The van der Waals surface area contributed by atoms with Crippen LogP contribution in [0.25, 0.3) is 16.3 Å². The van der Waals surface area contributed by atoms with Crippen molar-refractivity contribution >= 4 is 22.1 Å². The first-order valence-electron chi connectivity index (χ1n) is 7.19. The third-order valence-electron chi connectivity index (χ3n) is 3.98. The SMILES string of the molecule is CC(=O)c1cc2ccccc2cc1C1=C(N(C)C)C=CC1. The Labute approximate surface area is 125 Å². The molecule has 0 saturated carbocycles. The largest absolute Gasteiger partial charge is 0.377 e. The van der Waals surface area contributed by atoms with E-state index in [9.17, 15) is 4.79 Å². The second-order valence-electron chi connectivity index (χ2n) is 5.67. The maximum atomic E-state index is 12.1. The van der Waals surface area contributed by atoms with E-state index in [1.165, 1.54) is 16.7 Å². The monoisotopic (exact) mass is 277 g/mol. The zero-order valence-corrected chi connectivity index (χ0v) is 12.7. The van der Waals surface area contributed by atoms with Crippen LogP contribution in [0.2, 0.25) is 0 Å². The molecule has 106 valence electrons. The van der Waals surface area contributed by atoms with Crippen molar-refractivity contribution in [2.75, 3.05) is 14.1 Å². The Kier molecular flexibility index (Phi) is 3.38. The number of nitrogens with zero attached hydrogens (tertiary/aromatic N) is 1. The molecule has 2 aromatic carbocycles. The fraction of sp³-hybridized carbons (Fsp3) is 0.211. The van der Waals surface area contributed by atoms with E-state index in [2.05, 4.69) is 35.3 Å². The van der Waals surface area contributed by atoms with Crippen LogP contribution >= 0.6 is 0 Å². The van der Waals surface area contributed by atoms with Gasteiger partial charge in [-0.25, -0.2) is 0 Å². The maximum Gasteiger partial charge on any atom is 0.160 e. The van der Waals surface area contributed by atoms with Gasteiger partial charge in [0.1, 0.15) is 0 Å². The summed E-state index contributed by atoms with van der Waals surface area (Å²) in [6, 6.07) is 12.4. The van der Waals surface area contributed by atoms with Gasteiger partial charge in [0, 0.05) is 25.4 Å². The number of Topliss-reactive ketones (excluding diaryl/α,β-unsaturated/α-hetero) is 1. The third-order valence-corrected chi connectivity index (χ3v) is 3.98. The van der Waals surface area contributed by atoms with Crippen LogP contribution in [0.1, 0.15) is 29.3 Å². The van der Waals surface area contributed by atoms with Gasteiger partial charge in [0.25, 0.3) is 0 Å². The molecule has 21 heavy (non-hydrogen) atoms. The van der Waals surface area contributed by atoms with Crippen molar-refractivity contribution in [1.82, 2.24) is 4.90 Å². The van der Waals surface area contributed by atoms with Crippen LogP contribution in [-0.2, 0) is 0 Å². The Morgan fingerprint density at radius 2 is 1.76 bits per heavy atom. The lowest BCUT2D eigenvalue weighted by Gasteiger charge is -2.18. The fourth-order valence-electron chi connectivity index (χ4n) is 2.94. The maximum absolute atomic E-state index is 12.1. The molecule has 0 bridgehead atoms. The molecule has 2 nitrogen and oxygen atoms in total. The van der Waals surface area contributed by atoms with E-state index in [0.29, 0.717) is 0 Å². The lowest BCUT2D eigenvalue weighted by Crippen LogP contribution is -2.11. The summed E-state index contributed by atoms with van der Waals surface area (Å²) in [4.78, 5) is 14.2. The smallest absolute Gasteiger partial charge is 0.160 e. The summed E-state index contributed by atoms with van der Waals surface area (Å²) in [7, 11) is 4.08. The molecule has 0 unspecified atom stereocenters. The number of fused-ring (bicyclic) bond motifs is 1. The van der Waals surface area contributed by atoms with E-state index in [1.807, 2.05) is 32.3 Å². The van der Waals surface area contributed by atoms with Gasteiger partial charge < -0.3 is 4.90 Å². The Morgan fingerprint density at radius 1 is 1.10 bits per heavy atom. The van der Waals surface area contributed by atoms with Crippen molar-refractivity contribution in [2.24, 2.45) is 0 Å². The first-order chi connectivity index (χ1) is 10.1. The summed E-state index contributed by atoms with van der Waals surface area (Å²) >= 11 is 0. The molecule has 0 fully saturated rings. The molecule has 0 spiro atoms. The number of carbonyl (C=O) groups is 1. The van der Waals surface area contributed by atoms with E-state index in [0.717, 1.165) is 22.9 Å². The number of carbonyl (C=O) groups excluding carboxylic acids is 1. The van der Waals surface area contributed by atoms with Crippen LogP contribution in [0.4, 0.5) is 0 Å². The highest BCUT2D eigenvalue weighted by Crippen LogP contribution is 2.34. The molecular formula is C19H19NO. The third kappa shape index (κ3) is 2.38. The highest BCUT2D eigenvalue weighted by atomic mass is 16.1. The Morgan fingerprint density at radius 3 is 2.38 bits per heavy atom. The number of likely N-dealkylation sites (N-methyl/N-ethyl adjacent to an activating group) is 1. The predicted molar refractivity (Wildman–Crippen MR) is 88.3 cm³/mol. The van der Waals surface area contributed by atoms with Gasteiger partial charge in [0.05, 0.1) is 0 Å². The Bertz CT molecular complexity index is 781. The van der Waals surface area contributed by atoms with Gasteiger partial charge in [-0.2, -0.15) is 0 Å². The number of ketones is 1. The minimum atomic E-state index is 0.119. The molecule has 0 aliphatic heterocycles. The standard InChI is InChI=1S/C19H19NO/c1-13(21)17-11-14-7-4-5-8-15(14)12-18(17)16-9-6-10-19(16)20(2)3/h4-8,10-12H,9H2,1-3H3. The summed E-state index contributed by atoms with van der Waals surface area (Å²) in [5, 5.41) is 2.29. The molecule has 0 aromatic heterocycles. The van der Waals surface area contributed by atoms with Gasteiger partial charge in [0.15, 0.2) is 5.78 Å². The normalized spacial score (nSPS) is 14.0. The molecular weight excluding hydrogens is 258 g/mol. The van der Waals surface area contributed by atoms with E-state index < -0.39 is 0 Å². The van der Waals surface area contributed by atoms with Crippen LogP contribution < -0.4 is 0 Å². The van der Waals surface area contributed by atoms with Gasteiger partial charge >= 0.3 is 0 Å². The average molecular weight is 277 g/mol. The number of hydrogen-bond acceptors (Lipinski definition) is 2. The second kappa shape index (κ2) is 5.21. The van der Waals surface area contributed by atoms with E-state index in [4.69, 9.17) is 0 Å². The lowest BCUT2D eigenvalue weighted by molar-refractivity contribution is 0.101. The minimum Gasteiger partial charge on any atom is -0.377 e. The summed E-state index contributed by atoms with van der Waals surface area (Å²) < 4.78 is 0. The molecule has 0 N–H and O–H groups in total. The van der Waals surface area contributed by atoms with Crippen molar-refractivity contribution in [2.45, 2.75) is 13.3 Å². The van der Waals surface area contributed by atoms with Crippen LogP contribution in [0.3, 0.4) is 0 Å². The fourth-order valence-corrected chi connectivity index (χ4v) is 2.94. The van der Waals surface area contributed by atoms with Gasteiger partial charge in [-0.05, 0) is 53.5 Å². The Balaban J connectivity index is 2.28. The van der Waals surface area contributed by atoms with Gasteiger partial charge in [-0.15, -0.1) is 0 Å². The highest BCUT2D eigenvalue weighted by molar-refractivity contribution is 6.04. The van der Waals surface area contributed by atoms with Gasteiger partial charge in [0.2, 0.25) is 0 Å². The van der Waals surface area contributed by atoms with Crippen LogP contribution in [0.5, 0.6) is 0 Å². The topological polar surface area (TPSA) is 20.3 Å². The zero-order chi connectivity index (χ0) is 15.0. The lowest BCUT2D eigenvalue weighted by atomic mass is 9.92. The first-order valence-corrected chi connectivity index (χ1v) is 7.19. The minimum absolute atomic E-state index is 0.119. The van der Waals surface area contributed by atoms with Crippen molar-refractivity contribution in [3.05, 3.63) is 65.4 Å². The molecule has 0 amide bonds. The number of allylic oxidation sites excluding steroid dienone is 3. The molecule has 3 rings (SSSR count). The van der Waals surface area contributed by atoms with E-state index in [-0.39, 0.29) is 5.78 Å². The molecule has 0 saturated heterocycles. The van der Waals surface area contributed by atoms with Crippen molar-refractivity contribution in [3.63, 3.8) is 0 Å². The highest BCUT2D eigenvalue weighted by Gasteiger charge is 2.18. The molecule has 2 heteroatoms. The first kappa shape index (κ1) is 13.6. The van der Waals surface area contributed by atoms with E-state index in [1.54, 1.807) is 6.92 Å². The summed E-state index contributed by atoms with van der Waals surface area (Å²) in [5.74, 6) is 0.119. The zero-order valence-electron chi connectivity index (χ0n) is 12.7. The van der Waals surface area contributed by atoms with Crippen molar-refractivity contribution < 1.29 is 4.79 Å².